The summed E-state index contributed by atoms with van der Waals surface area (Å²) in [5.41, 5.74) is 2.15. The highest BCUT2D eigenvalue weighted by atomic mass is 32.2. The number of rotatable bonds is 4. The Labute approximate surface area is 132 Å². The number of piperidine rings is 1. The molecule has 0 unspecified atom stereocenters. The van der Waals surface area contributed by atoms with Gasteiger partial charge in [0, 0.05) is 29.2 Å². The van der Waals surface area contributed by atoms with Gasteiger partial charge >= 0.3 is 0 Å². The molecule has 0 atom stereocenters. The van der Waals surface area contributed by atoms with Gasteiger partial charge in [-0.3, -0.25) is 4.79 Å². The Balaban J connectivity index is 1.85. The first kappa shape index (κ1) is 16.2. The Hall–Kier alpha value is -1.16. The van der Waals surface area contributed by atoms with Gasteiger partial charge in [0.1, 0.15) is 0 Å². The molecule has 0 spiro atoms. The highest BCUT2D eigenvalue weighted by Crippen LogP contribution is 2.24. The highest BCUT2D eigenvalue weighted by molar-refractivity contribution is 8.01. The molecule has 1 aliphatic heterocycles. The summed E-state index contributed by atoms with van der Waals surface area (Å²) in [7, 11) is 0. The molecule has 1 heterocycles. The molecule has 4 heteroatoms. The van der Waals surface area contributed by atoms with Gasteiger partial charge in [0.15, 0.2) is 0 Å². The monoisotopic (exact) mass is 306 g/mol. The Bertz CT molecular complexity index is 459. The van der Waals surface area contributed by atoms with Crippen LogP contribution in [0, 0.1) is 0 Å². The highest BCUT2D eigenvalue weighted by Gasteiger charge is 2.14. The largest absolute Gasteiger partial charge is 0.372 e. The van der Waals surface area contributed by atoms with Crippen LogP contribution in [0.1, 0.15) is 40.0 Å². The van der Waals surface area contributed by atoms with E-state index >= 15 is 0 Å². The molecule has 1 N–H and O–H groups in total. The molecule has 1 saturated heterocycles. The first-order chi connectivity index (χ1) is 9.94. The standard InChI is InChI=1S/C17H26N2OS/c1-17(2,3)21-13-16(20)18-14-7-9-15(10-8-14)19-11-5-4-6-12-19/h7-10H,4-6,11-13H2,1-3H3,(H,18,20). The van der Waals surface area contributed by atoms with Crippen molar-refractivity contribution in [2.24, 2.45) is 0 Å². The molecule has 1 fully saturated rings. The van der Waals surface area contributed by atoms with E-state index in [4.69, 9.17) is 0 Å². The number of nitrogens with one attached hydrogen (secondary N) is 1. The molecule has 116 valence electrons. The number of amides is 1. The van der Waals surface area contributed by atoms with Crippen molar-refractivity contribution in [3.05, 3.63) is 24.3 Å². The minimum absolute atomic E-state index is 0.0700. The van der Waals surface area contributed by atoms with Crippen LogP contribution in [0.2, 0.25) is 0 Å². The molecular formula is C17H26N2OS. The summed E-state index contributed by atoms with van der Waals surface area (Å²) in [6.45, 7) is 8.66. The van der Waals surface area contributed by atoms with E-state index in [9.17, 15) is 4.79 Å². The van der Waals surface area contributed by atoms with Crippen LogP contribution in [0.3, 0.4) is 0 Å². The third kappa shape index (κ3) is 5.62. The zero-order valence-electron chi connectivity index (χ0n) is 13.3. The van der Waals surface area contributed by atoms with Crippen molar-refractivity contribution in [3.63, 3.8) is 0 Å². The fourth-order valence-corrected chi connectivity index (χ4v) is 3.02. The molecule has 1 aromatic carbocycles. The molecular weight excluding hydrogens is 280 g/mol. The number of carbonyl (C=O) groups excluding carboxylic acids is 1. The third-order valence-electron chi connectivity index (χ3n) is 3.51. The van der Waals surface area contributed by atoms with Crippen molar-refractivity contribution < 1.29 is 4.79 Å². The van der Waals surface area contributed by atoms with E-state index in [0.717, 1.165) is 18.8 Å². The molecule has 21 heavy (non-hydrogen) atoms. The van der Waals surface area contributed by atoms with Crippen molar-refractivity contribution in [2.45, 2.75) is 44.8 Å². The zero-order chi connectivity index (χ0) is 15.3. The first-order valence-electron chi connectivity index (χ1n) is 7.73. The lowest BCUT2D eigenvalue weighted by molar-refractivity contribution is -0.113. The van der Waals surface area contributed by atoms with E-state index in [1.54, 1.807) is 11.8 Å². The van der Waals surface area contributed by atoms with E-state index in [1.807, 2.05) is 12.1 Å². The van der Waals surface area contributed by atoms with Crippen molar-refractivity contribution in [1.29, 1.82) is 0 Å². The van der Waals surface area contributed by atoms with Crippen molar-refractivity contribution in [2.75, 3.05) is 29.1 Å². The average molecular weight is 306 g/mol. The van der Waals surface area contributed by atoms with Crippen molar-refractivity contribution >= 4 is 29.0 Å². The minimum atomic E-state index is 0.0700. The average Bonchev–Trinajstić information content (AvgIpc) is 2.46. The van der Waals surface area contributed by atoms with E-state index < -0.39 is 0 Å². The summed E-state index contributed by atoms with van der Waals surface area (Å²) < 4.78 is 0.120. The minimum Gasteiger partial charge on any atom is -0.372 e. The van der Waals surface area contributed by atoms with Crippen LogP contribution in [-0.2, 0) is 4.79 Å². The lowest BCUT2D eigenvalue weighted by atomic mass is 10.1. The van der Waals surface area contributed by atoms with Gasteiger partial charge in [-0.05, 0) is 43.5 Å². The van der Waals surface area contributed by atoms with Gasteiger partial charge in [0.2, 0.25) is 5.91 Å². The molecule has 2 rings (SSSR count). The Morgan fingerprint density at radius 3 is 2.33 bits per heavy atom. The van der Waals surface area contributed by atoms with Crippen LogP contribution in [0.4, 0.5) is 11.4 Å². The molecule has 3 nitrogen and oxygen atoms in total. The topological polar surface area (TPSA) is 32.3 Å². The second-order valence-electron chi connectivity index (χ2n) is 6.54. The number of anilines is 2. The van der Waals surface area contributed by atoms with Crippen LogP contribution in [0.5, 0.6) is 0 Å². The molecule has 0 aliphatic carbocycles. The maximum atomic E-state index is 11.9. The quantitative estimate of drug-likeness (QED) is 0.907. The number of hydrogen-bond donors (Lipinski definition) is 1. The van der Waals surface area contributed by atoms with Crippen LogP contribution in [0.15, 0.2) is 24.3 Å². The number of benzene rings is 1. The van der Waals surface area contributed by atoms with Gasteiger partial charge < -0.3 is 10.2 Å². The third-order valence-corrected chi connectivity index (χ3v) is 4.78. The lowest BCUT2D eigenvalue weighted by Crippen LogP contribution is -2.29. The smallest absolute Gasteiger partial charge is 0.234 e. The number of carbonyl (C=O) groups is 1. The normalized spacial score (nSPS) is 15.9. The molecule has 0 aromatic heterocycles. The SMILES string of the molecule is CC(C)(C)SCC(=O)Nc1ccc(N2CCCCC2)cc1. The van der Waals surface area contributed by atoms with Crippen LogP contribution in [0.25, 0.3) is 0 Å². The molecule has 0 saturated carbocycles. The second-order valence-corrected chi connectivity index (χ2v) is 8.35. The number of nitrogens with zero attached hydrogens (tertiary/aromatic N) is 1. The van der Waals surface area contributed by atoms with Crippen molar-refractivity contribution in [1.82, 2.24) is 0 Å². The van der Waals surface area contributed by atoms with Crippen LogP contribution in [-0.4, -0.2) is 29.5 Å². The van der Waals surface area contributed by atoms with E-state index in [-0.39, 0.29) is 10.7 Å². The Morgan fingerprint density at radius 2 is 1.76 bits per heavy atom. The predicted octanol–water partition coefficient (Wildman–Crippen LogP) is 4.15. The van der Waals surface area contributed by atoms with Crippen LogP contribution >= 0.6 is 11.8 Å². The summed E-state index contributed by atoms with van der Waals surface area (Å²) >= 11 is 1.67. The van der Waals surface area contributed by atoms with Gasteiger partial charge in [-0.25, -0.2) is 0 Å². The van der Waals surface area contributed by atoms with Gasteiger partial charge in [0.05, 0.1) is 5.75 Å². The van der Waals surface area contributed by atoms with E-state index in [2.05, 4.69) is 43.1 Å². The van der Waals surface area contributed by atoms with E-state index in [1.165, 1.54) is 24.9 Å². The molecule has 0 radical (unpaired) electrons. The molecule has 1 aliphatic rings. The maximum Gasteiger partial charge on any atom is 0.234 e. The van der Waals surface area contributed by atoms with Gasteiger partial charge in [-0.1, -0.05) is 20.8 Å². The fraction of sp³-hybridized carbons (Fsp3) is 0.588. The molecule has 1 amide bonds. The van der Waals surface area contributed by atoms with E-state index in [0.29, 0.717) is 5.75 Å². The molecule has 1 aromatic rings. The van der Waals surface area contributed by atoms with Gasteiger partial charge in [-0.15, -0.1) is 11.8 Å². The number of hydrogen-bond acceptors (Lipinski definition) is 3. The second kappa shape index (κ2) is 7.21. The summed E-state index contributed by atoms with van der Waals surface area (Å²) in [5.74, 6) is 0.567. The molecule has 0 bridgehead atoms. The Kier molecular flexibility index (Phi) is 5.57. The van der Waals surface area contributed by atoms with Crippen molar-refractivity contribution in [3.8, 4) is 0 Å². The predicted molar refractivity (Wildman–Crippen MR) is 93.3 cm³/mol. The summed E-state index contributed by atoms with van der Waals surface area (Å²) in [6, 6.07) is 8.23. The first-order valence-corrected chi connectivity index (χ1v) is 8.71. The Morgan fingerprint density at radius 1 is 1.14 bits per heavy atom. The maximum absolute atomic E-state index is 11.9. The fourth-order valence-electron chi connectivity index (χ4n) is 2.39. The zero-order valence-corrected chi connectivity index (χ0v) is 14.1. The summed E-state index contributed by atoms with van der Waals surface area (Å²) in [5, 5.41) is 2.97. The number of thioether (sulfide) groups is 1. The summed E-state index contributed by atoms with van der Waals surface area (Å²) in [6.07, 6.45) is 3.90. The van der Waals surface area contributed by atoms with Gasteiger partial charge in [-0.2, -0.15) is 0 Å². The lowest BCUT2D eigenvalue weighted by Gasteiger charge is -2.28. The van der Waals surface area contributed by atoms with Crippen LogP contribution < -0.4 is 10.2 Å². The summed E-state index contributed by atoms with van der Waals surface area (Å²) in [4.78, 5) is 14.3. The van der Waals surface area contributed by atoms with Gasteiger partial charge in [0.25, 0.3) is 0 Å².